The first-order chi connectivity index (χ1) is 6.72. The van der Waals surface area contributed by atoms with Gasteiger partial charge in [0.1, 0.15) is 0 Å². The van der Waals surface area contributed by atoms with Crippen LogP contribution in [-0.4, -0.2) is 36.3 Å². The van der Waals surface area contributed by atoms with Crippen molar-refractivity contribution in [2.24, 2.45) is 5.73 Å². The fraction of sp³-hybridized carbons (Fsp3) is 0.500. The Morgan fingerprint density at radius 1 is 1.43 bits per heavy atom. The lowest BCUT2D eigenvalue weighted by Gasteiger charge is -2.09. The Kier molecular flexibility index (Phi) is 4.93. The molecule has 78 valence electrons. The van der Waals surface area contributed by atoms with Crippen LogP contribution in [0.2, 0.25) is 0 Å². The lowest BCUT2D eigenvalue weighted by atomic mass is 10.3. The van der Waals surface area contributed by atoms with E-state index in [1.807, 2.05) is 32.3 Å². The minimum absolute atomic E-state index is 0.699. The summed E-state index contributed by atoms with van der Waals surface area (Å²) < 4.78 is 0. The number of pyridine rings is 1. The van der Waals surface area contributed by atoms with Gasteiger partial charge in [0.25, 0.3) is 0 Å². The fourth-order valence-corrected chi connectivity index (χ4v) is 1.80. The van der Waals surface area contributed by atoms with E-state index in [-0.39, 0.29) is 0 Å². The normalized spacial score (nSPS) is 10.9. The smallest absolute Gasteiger partial charge is 0.0964 e. The van der Waals surface area contributed by atoms with Crippen LogP contribution in [0.25, 0.3) is 0 Å². The van der Waals surface area contributed by atoms with Gasteiger partial charge in [-0.1, -0.05) is 6.07 Å². The first kappa shape index (κ1) is 11.5. The van der Waals surface area contributed by atoms with Crippen LogP contribution in [0.4, 0.5) is 0 Å². The van der Waals surface area contributed by atoms with Gasteiger partial charge in [0.05, 0.1) is 10.7 Å². The van der Waals surface area contributed by atoms with Crippen molar-refractivity contribution >= 4 is 11.8 Å². The van der Waals surface area contributed by atoms with Gasteiger partial charge in [-0.2, -0.15) is 0 Å². The van der Waals surface area contributed by atoms with Crippen LogP contribution in [0.3, 0.4) is 0 Å². The summed E-state index contributed by atoms with van der Waals surface area (Å²) in [5, 5.41) is 1.06. The number of thioether (sulfide) groups is 1. The van der Waals surface area contributed by atoms with E-state index in [9.17, 15) is 0 Å². The van der Waals surface area contributed by atoms with Crippen LogP contribution in [0.5, 0.6) is 0 Å². The summed E-state index contributed by atoms with van der Waals surface area (Å²) in [6.07, 6.45) is 0. The highest BCUT2D eigenvalue weighted by molar-refractivity contribution is 7.99. The third-order valence-corrected chi connectivity index (χ3v) is 2.59. The Hall–Kier alpha value is -0.580. The maximum absolute atomic E-state index is 5.44. The van der Waals surface area contributed by atoms with Crippen molar-refractivity contribution in [3.05, 3.63) is 23.9 Å². The molecule has 0 atom stereocenters. The van der Waals surface area contributed by atoms with Crippen molar-refractivity contribution in [1.29, 1.82) is 0 Å². The molecule has 1 heterocycles. The van der Waals surface area contributed by atoms with Gasteiger partial charge < -0.3 is 10.6 Å². The third-order valence-electron chi connectivity index (χ3n) is 1.63. The SMILES string of the molecule is CN(C)Cc1cccc(SCCN)n1. The zero-order chi connectivity index (χ0) is 10.4. The number of rotatable bonds is 5. The standard InChI is InChI=1S/C10H17N3S/c1-13(2)8-9-4-3-5-10(12-9)14-7-6-11/h3-5H,6-8,11H2,1-2H3. The summed E-state index contributed by atoms with van der Waals surface area (Å²) in [4.78, 5) is 6.63. The monoisotopic (exact) mass is 211 g/mol. The summed E-state index contributed by atoms with van der Waals surface area (Å²) in [6.45, 7) is 1.58. The van der Waals surface area contributed by atoms with Crippen molar-refractivity contribution < 1.29 is 0 Å². The summed E-state index contributed by atoms with van der Waals surface area (Å²) in [7, 11) is 4.09. The topological polar surface area (TPSA) is 42.1 Å². The molecule has 4 heteroatoms. The van der Waals surface area contributed by atoms with Crippen molar-refractivity contribution in [3.8, 4) is 0 Å². The molecule has 0 radical (unpaired) electrons. The molecular formula is C10H17N3S. The first-order valence-electron chi connectivity index (χ1n) is 4.66. The summed E-state index contributed by atoms with van der Waals surface area (Å²) >= 11 is 1.71. The molecule has 1 aromatic heterocycles. The molecular weight excluding hydrogens is 194 g/mol. The highest BCUT2D eigenvalue weighted by atomic mass is 32.2. The quantitative estimate of drug-likeness (QED) is 0.743. The second-order valence-corrected chi connectivity index (χ2v) is 4.46. The predicted molar refractivity (Wildman–Crippen MR) is 61.4 cm³/mol. The zero-order valence-electron chi connectivity index (χ0n) is 8.73. The maximum Gasteiger partial charge on any atom is 0.0964 e. The van der Waals surface area contributed by atoms with Gasteiger partial charge in [0.2, 0.25) is 0 Å². The molecule has 0 aromatic carbocycles. The average molecular weight is 211 g/mol. The largest absolute Gasteiger partial charge is 0.330 e. The van der Waals surface area contributed by atoms with Gasteiger partial charge in [-0.3, -0.25) is 0 Å². The van der Waals surface area contributed by atoms with E-state index in [0.29, 0.717) is 6.54 Å². The van der Waals surface area contributed by atoms with E-state index in [4.69, 9.17) is 5.73 Å². The van der Waals surface area contributed by atoms with Gasteiger partial charge >= 0.3 is 0 Å². The molecule has 0 aliphatic rings. The molecule has 0 spiro atoms. The van der Waals surface area contributed by atoms with E-state index in [1.165, 1.54) is 0 Å². The first-order valence-corrected chi connectivity index (χ1v) is 5.64. The van der Waals surface area contributed by atoms with Crippen LogP contribution in [-0.2, 0) is 6.54 Å². The second kappa shape index (κ2) is 6.01. The number of aromatic nitrogens is 1. The van der Waals surface area contributed by atoms with E-state index in [2.05, 4.69) is 9.88 Å². The molecule has 2 N–H and O–H groups in total. The van der Waals surface area contributed by atoms with E-state index in [0.717, 1.165) is 23.0 Å². The van der Waals surface area contributed by atoms with E-state index < -0.39 is 0 Å². The van der Waals surface area contributed by atoms with Crippen LogP contribution in [0.15, 0.2) is 23.2 Å². The highest BCUT2D eigenvalue weighted by Gasteiger charge is 1.99. The molecule has 14 heavy (non-hydrogen) atoms. The van der Waals surface area contributed by atoms with E-state index >= 15 is 0 Å². The van der Waals surface area contributed by atoms with Crippen LogP contribution in [0, 0.1) is 0 Å². The summed E-state index contributed by atoms with van der Waals surface area (Å²) in [5.74, 6) is 0.929. The third kappa shape index (κ3) is 4.09. The molecule has 0 saturated carbocycles. The van der Waals surface area contributed by atoms with Crippen LogP contribution < -0.4 is 5.73 Å². The van der Waals surface area contributed by atoms with Gasteiger partial charge in [-0.05, 0) is 26.2 Å². The molecule has 0 fully saturated rings. The van der Waals surface area contributed by atoms with Gasteiger partial charge in [0, 0.05) is 18.8 Å². The lowest BCUT2D eigenvalue weighted by Crippen LogP contribution is -2.12. The summed E-state index contributed by atoms with van der Waals surface area (Å²) in [5.41, 5.74) is 6.55. The Labute approximate surface area is 89.7 Å². The second-order valence-electron chi connectivity index (χ2n) is 3.34. The highest BCUT2D eigenvalue weighted by Crippen LogP contribution is 2.14. The number of hydrogen-bond acceptors (Lipinski definition) is 4. The Balaban J connectivity index is 2.59. The molecule has 0 aliphatic carbocycles. The molecule has 0 aliphatic heterocycles. The van der Waals surface area contributed by atoms with Gasteiger partial charge in [0.15, 0.2) is 0 Å². The molecule has 1 rings (SSSR count). The van der Waals surface area contributed by atoms with Crippen molar-refractivity contribution in [1.82, 2.24) is 9.88 Å². The molecule has 1 aromatic rings. The van der Waals surface area contributed by atoms with Crippen LogP contribution in [0.1, 0.15) is 5.69 Å². The zero-order valence-corrected chi connectivity index (χ0v) is 9.55. The average Bonchev–Trinajstić information content (AvgIpc) is 2.14. The van der Waals surface area contributed by atoms with Crippen molar-refractivity contribution in [3.63, 3.8) is 0 Å². The maximum atomic E-state index is 5.44. The van der Waals surface area contributed by atoms with Crippen molar-refractivity contribution in [2.75, 3.05) is 26.4 Å². The minimum atomic E-state index is 0.699. The molecule has 0 saturated heterocycles. The molecule has 0 unspecified atom stereocenters. The molecule has 3 nitrogen and oxygen atoms in total. The Morgan fingerprint density at radius 3 is 2.86 bits per heavy atom. The predicted octanol–water partition coefficient (Wildman–Crippen LogP) is 1.19. The van der Waals surface area contributed by atoms with E-state index in [1.54, 1.807) is 11.8 Å². The Bertz CT molecular complexity index is 276. The number of nitrogens with two attached hydrogens (primary N) is 1. The van der Waals surface area contributed by atoms with Crippen molar-refractivity contribution in [2.45, 2.75) is 11.6 Å². The Morgan fingerprint density at radius 2 is 2.21 bits per heavy atom. The molecule has 0 amide bonds. The molecule has 0 bridgehead atoms. The van der Waals surface area contributed by atoms with Gasteiger partial charge in [-0.15, -0.1) is 11.8 Å². The fourth-order valence-electron chi connectivity index (χ4n) is 1.11. The van der Waals surface area contributed by atoms with Crippen LogP contribution >= 0.6 is 11.8 Å². The van der Waals surface area contributed by atoms with Gasteiger partial charge in [-0.25, -0.2) is 4.98 Å². The summed E-state index contributed by atoms with van der Waals surface area (Å²) in [6, 6.07) is 6.12. The minimum Gasteiger partial charge on any atom is -0.330 e. The number of hydrogen-bond donors (Lipinski definition) is 1. The lowest BCUT2D eigenvalue weighted by molar-refractivity contribution is 0.395. The number of nitrogens with zero attached hydrogens (tertiary/aromatic N) is 2.